The molecule has 2 aromatic rings. The van der Waals surface area contributed by atoms with Gasteiger partial charge in [-0.2, -0.15) is 0 Å². The minimum atomic E-state index is -0.886. The van der Waals surface area contributed by atoms with Crippen LogP contribution in [-0.4, -0.2) is 23.3 Å². The van der Waals surface area contributed by atoms with E-state index in [9.17, 15) is 14.7 Å². The first-order valence-electron chi connectivity index (χ1n) is 8.56. The molecule has 1 heterocycles. The number of benzene rings is 1. The van der Waals surface area contributed by atoms with E-state index < -0.39 is 6.10 Å². The van der Waals surface area contributed by atoms with Crippen molar-refractivity contribution in [2.24, 2.45) is 5.92 Å². The van der Waals surface area contributed by atoms with Gasteiger partial charge in [0.15, 0.2) is 5.78 Å². The predicted octanol–water partition coefficient (Wildman–Crippen LogP) is 3.29. The number of nitrogens with one attached hydrogen (secondary N) is 1. The molecule has 1 aromatic carbocycles. The molecule has 2 N–H and O–H groups in total. The van der Waals surface area contributed by atoms with Gasteiger partial charge < -0.3 is 14.8 Å². The van der Waals surface area contributed by atoms with E-state index in [2.05, 4.69) is 19.2 Å². The van der Waals surface area contributed by atoms with Crippen molar-refractivity contribution in [2.45, 2.75) is 39.2 Å². The van der Waals surface area contributed by atoms with Crippen LogP contribution < -0.4 is 5.32 Å². The molecule has 1 aromatic heterocycles. The maximum atomic E-state index is 12.2. The Morgan fingerprint density at radius 1 is 1.12 bits per heavy atom. The van der Waals surface area contributed by atoms with Gasteiger partial charge in [0.2, 0.25) is 5.91 Å². The standard InChI is InChI=1S/C20H25NO4/c1-14(2)12-15-5-7-16(8-6-15)17(22)9-10-20(24)21-13-18(23)19-4-3-11-25-19/h3-8,11,14,18,23H,9-10,12-13H2,1-2H3,(H,21,24). The zero-order valence-electron chi connectivity index (χ0n) is 14.7. The minimum absolute atomic E-state index is 0.0576. The van der Waals surface area contributed by atoms with Crippen molar-refractivity contribution in [3.05, 3.63) is 59.5 Å². The van der Waals surface area contributed by atoms with Gasteiger partial charge in [-0.3, -0.25) is 9.59 Å². The molecule has 0 saturated carbocycles. The first kappa shape index (κ1) is 18.9. The molecular weight excluding hydrogens is 318 g/mol. The first-order chi connectivity index (χ1) is 12.0. The molecule has 1 atom stereocenters. The van der Waals surface area contributed by atoms with E-state index in [1.807, 2.05) is 24.3 Å². The average molecular weight is 343 g/mol. The fourth-order valence-electron chi connectivity index (χ4n) is 2.55. The summed E-state index contributed by atoms with van der Waals surface area (Å²) in [5, 5.41) is 12.4. The molecule has 0 fully saturated rings. The molecular formula is C20H25NO4. The number of aliphatic hydroxyl groups excluding tert-OH is 1. The number of Topliss-reactive ketones (excluding diaryl/α,β-unsaturated/α-hetero) is 1. The van der Waals surface area contributed by atoms with Gasteiger partial charge in [-0.05, 0) is 30.0 Å². The van der Waals surface area contributed by atoms with Crippen molar-refractivity contribution < 1.29 is 19.1 Å². The molecule has 0 bridgehead atoms. The number of rotatable bonds is 9. The molecule has 0 saturated heterocycles. The van der Waals surface area contributed by atoms with E-state index >= 15 is 0 Å². The van der Waals surface area contributed by atoms with Gasteiger partial charge in [0.05, 0.1) is 12.8 Å². The molecule has 5 nitrogen and oxygen atoms in total. The summed E-state index contributed by atoms with van der Waals surface area (Å²) in [6.07, 6.45) is 1.80. The van der Waals surface area contributed by atoms with E-state index in [1.54, 1.807) is 12.1 Å². The monoisotopic (exact) mass is 343 g/mol. The van der Waals surface area contributed by atoms with E-state index in [1.165, 1.54) is 11.8 Å². The quantitative estimate of drug-likeness (QED) is 0.685. The smallest absolute Gasteiger partial charge is 0.220 e. The average Bonchev–Trinajstić information content (AvgIpc) is 3.12. The summed E-state index contributed by atoms with van der Waals surface area (Å²) in [5.74, 6) is 0.646. The van der Waals surface area contributed by atoms with Gasteiger partial charge in [0, 0.05) is 18.4 Å². The predicted molar refractivity (Wildman–Crippen MR) is 95.2 cm³/mol. The van der Waals surface area contributed by atoms with Crippen LogP contribution in [0.2, 0.25) is 0 Å². The highest BCUT2D eigenvalue weighted by Gasteiger charge is 2.13. The summed E-state index contributed by atoms with van der Waals surface area (Å²) >= 11 is 0. The van der Waals surface area contributed by atoms with Gasteiger partial charge in [-0.25, -0.2) is 0 Å². The lowest BCUT2D eigenvalue weighted by Gasteiger charge is -2.09. The second kappa shape index (κ2) is 9.18. The lowest BCUT2D eigenvalue weighted by molar-refractivity contribution is -0.121. The molecule has 0 aliphatic rings. The van der Waals surface area contributed by atoms with Crippen LogP contribution in [0.5, 0.6) is 0 Å². The van der Waals surface area contributed by atoms with Crippen LogP contribution in [0.3, 0.4) is 0 Å². The Morgan fingerprint density at radius 2 is 1.84 bits per heavy atom. The molecule has 1 amide bonds. The Hall–Kier alpha value is -2.40. The van der Waals surface area contributed by atoms with Gasteiger partial charge in [0.1, 0.15) is 11.9 Å². The first-order valence-corrected chi connectivity index (χ1v) is 8.56. The Kier molecular flexibility index (Phi) is 6.95. The maximum absolute atomic E-state index is 12.2. The number of amides is 1. The highest BCUT2D eigenvalue weighted by molar-refractivity contribution is 5.97. The van der Waals surface area contributed by atoms with Crippen molar-refractivity contribution in [1.29, 1.82) is 0 Å². The summed E-state index contributed by atoms with van der Waals surface area (Å²) in [5.41, 5.74) is 1.83. The fraction of sp³-hybridized carbons (Fsp3) is 0.400. The minimum Gasteiger partial charge on any atom is -0.467 e. The Bertz CT molecular complexity index is 674. The van der Waals surface area contributed by atoms with Crippen LogP contribution in [0.15, 0.2) is 47.1 Å². The SMILES string of the molecule is CC(C)Cc1ccc(C(=O)CCC(=O)NCC(O)c2ccco2)cc1. The van der Waals surface area contributed by atoms with Gasteiger partial charge >= 0.3 is 0 Å². The zero-order valence-corrected chi connectivity index (χ0v) is 14.7. The Morgan fingerprint density at radius 3 is 2.44 bits per heavy atom. The maximum Gasteiger partial charge on any atom is 0.220 e. The van der Waals surface area contributed by atoms with Crippen LogP contribution in [0.4, 0.5) is 0 Å². The number of hydrogen-bond acceptors (Lipinski definition) is 4. The highest BCUT2D eigenvalue weighted by Crippen LogP contribution is 2.13. The van der Waals surface area contributed by atoms with E-state index in [4.69, 9.17) is 4.42 Å². The third-order valence-electron chi connectivity index (χ3n) is 3.86. The largest absolute Gasteiger partial charge is 0.467 e. The van der Waals surface area contributed by atoms with Gasteiger partial charge in [-0.1, -0.05) is 38.1 Å². The second-order valence-corrected chi connectivity index (χ2v) is 6.55. The van der Waals surface area contributed by atoms with Crippen molar-refractivity contribution in [3.8, 4) is 0 Å². The molecule has 0 spiro atoms. The molecule has 1 unspecified atom stereocenters. The normalized spacial score (nSPS) is 12.2. The molecule has 0 radical (unpaired) electrons. The van der Waals surface area contributed by atoms with Crippen molar-refractivity contribution in [3.63, 3.8) is 0 Å². The fourth-order valence-corrected chi connectivity index (χ4v) is 2.55. The second-order valence-electron chi connectivity index (χ2n) is 6.55. The number of aliphatic hydroxyl groups is 1. The number of ketones is 1. The lowest BCUT2D eigenvalue weighted by Crippen LogP contribution is -2.28. The van der Waals surface area contributed by atoms with Crippen molar-refractivity contribution in [2.75, 3.05) is 6.54 Å². The van der Waals surface area contributed by atoms with Crippen LogP contribution in [0.1, 0.15) is 54.5 Å². The third kappa shape index (κ3) is 6.19. The van der Waals surface area contributed by atoms with Crippen LogP contribution >= 0.6 is 0 Å². The highest BCUT2D eigenvalue weighted by atomic mass is 16.4. The van der Waals surface area contributed by atoms with Crippen LogP contribution in [0.25, 0.3) is 0 Å². The van der Waals surface area contributed by atoms with Gasteiger partial charge in [0.25, 0.3) is 0 Å². The molecule has 25 heavy (non-hydrogen) atoms. The van der Waals surface area contributed by atoms with E-state index in [0.29, 0.717) is 17.2 Å². The van der Waals surface area contributed by atoms with Crippen molar-refractivity contribution >= 4 is 11.7 Å². The van der Waals surface area contributed by atoms with Crippen LogP contribution in [0, 0.1) is 5.92 Å². The number of hydrogen-bond donors (Lipinski definition) is 2. The molecule has 5 heteroatoms. The van der Waals surface area contributed by atoms with E-state index in [-0.39, 0.29) is 31.1 Å². The molecule has 0 aliphatic heterocycles. The van der Waals surface area contributed by atoms with Crippen molar-refractivity contribution in [1.82, 2.24) is 5.32 Å². The number of carbonyl (C=O) groups excluding carboxylic acids is 2. The number of carbonyl (C=O) groups is 2. The Labute approximate surface area is 148 Å². The number of furan rings is 1. The van der Waals surface area contributed by atoms with E-state index in [0.717, 1.165) is 6.42 Å². The van der Waals surface area contributed by atoms with Crippen LogP contribution in [-0.2, 0) is 11.2 Å². The lowest BCUT2D eigenvalue weighted by atomic mass is 9.99. The topological polar surface area (TPSA) is 79.5 Å². The summed E-state index contributed by atoms with van der Waals surface area (Å²) in [7, 11) is 0. The summed E-state index contributed by atoms with van der Waals surface area (Å²) in [6.45, 7) is 4.37. The summed E-state index contributed by atoms with van der Waals surface area (Å²) in [6, 6.07) is 10.9. The summed E-state index contributed by atoms with van der Waals surface area (Å²) in [4.78, 5) is 24.0. The Balaban J connectivity index is 1.74. The molecule has 2 rings (SSSR count). The third-order valence-corrected chi connectivity index (χ3v) is 3.86. The summed E-state index contributed by atoms with van der Waals surface area (Å²) < 4.78 is 5.06. The van der Waals surface area contributed by atoms with Gasteiger partial charge in [-0.15, -0.1) is 0 Å². The zero-order chi connectivity index (χ0) is 18.2. The molecule has 0 aliphatic carbocycles. The molecule has 134 valence electrons.